The molecule has 0 aromatic rings. The van der Waals surface area contributed by atoms with Crippen LogP contribution >= 0.6 is 0 Å². The maximum absolute atomic E-state index is 12.0. The molecule has 1 aliphatic heterocycles. The fourth-order valence-electron chi connectivity index (χ4n) is 2.19. The summed E-state index contributed by atoms with van der Waals surface area (Å²) in [5.74, 6) is -1.08. The number of hydrogen-bond acceptors (Lipinski definition) is 2. The summed E-state index contributed by atoms with van der Waals surface area (Å²) in [5, 5.41) is 11.7. The second kappa shape index (κ2) is 7.24. The van der Waals surface area contributed by atoms with E-state index < -0.39 is 12.0 Å². The van der Waals surface area contributed by atoms with Crippen molar-refractivity contribution in [3.05, 3.63) is 0 Å². The van der Waals surface area contributed by atoms with Gasteiger partial charge in [0.25, 0.3) is 0 Å². The van der Waals surface area contributed by atoms with E-state index in [1.54, 1.807) is 18.7 Å². The Labute approximate surface area is 109 Å². The van der Waals surface area contributed by atoms with E-state index in [1.165, 1.54) is 6.42 Å². The molecule has 0 unspecified atom stereocenters. The van der Waals surface area contributed by atoms with Gasteiger partial charge < -0.3 is 15.3 Å². The quantitative estimate of drug-likeness (QED) is 0.812. The number of likely N-dealkylation sites (tertiary alicyclic amines) is 1. The Balaban J connectivity index is 2.53. The highest BCUT2D eigenvalue weighted by Gasteiger charge is 2.25. The largest absolute Gasteiger partial charge is 0.480 e. The van der Waals surface area contributed by atoms with Crippen LogP contribution in [0.5, 0.6) is 0 Å². The maximum atomic E-state index is 12.0. The first kappa shape index (κ1) is 14.8. The summed E-state index contributed by atoms with van der Waals surface area (Å²) in [4.78, 5) is 24.8. The lowest BCUT2D eigenvalue weighted by Gasteiger charge is -2.27. The highest BCUT2D eigenvalue weighted by Crippen LogP contribution is 2.11. The van der Waals surface area contributed by atoms with Crippen LogP contribution in [-0.2, 0) is 4.79 Å². The number of carbonyl (C=O) groups is 2. The molecule has 0 spiro atoms. The van der Waals surface area contributed by atoms with Crippen LogP contribution in [0.4, 0.5) is 4.79 Å². The second-order valence-corrected chi connectivity index (χ2v) is 5.26. The first-order valence-corrected chi connectivity index (χ1v) is 6.80. The maximum Gasteiger partial charge on any atom is 0.326 e. The van der Waals surface area contributed by atoms with Gasteiger partial charge in [-0.05, 0) is 18.8 Å². The number of amides is 2. The molecule has 1 aliphatic rings. The summed E-state index contributed by atoms with van der Waals surface area (Å²) in [7, 11) is 0. The predicted octanol–water partition coefficient (Wildman–Crippen LogP) is 2.07. The van der Waals surface area contributed by atoms with Gasteiger partial charge in [0.05, 0.1) is 0 Å². The number of carboxylic acids is 1. The first-order valence-electron chi connectivity index (χ1n) is 6.80. The molecule has 5 heteroatoms. The third kappa shape index (κ3) is 4.55. The number of nitrogens with zero attached hydrogens (tertiary/aromatic N) is 1. The zero-order valence-corrected chi connectivity index (χ0v) is 11.3. The van der Waals surface area contributed by atoms with Crippen molar-refractivity contribution in [1.82, 2.24) is 10.2 Å². The van der Waals surface area contributed by atoms with Crippen LogP contribution in [0.3, 0.4) is 0 Å². The number of nitrogens with one attached hydrogen (secondary N) is 1. The van der Waals surface area contributed by atoms with Gasteiger partial charge in [0.1, 0.15) is 6.04 Å². The zero-order chi connectivity index (χ0) is 13.5. The molecule has 0 aliphatic carbocycles. The van der Waals surface area contributed by atoms with Crippen LogP contribution in [-0.4, -0.2) is 41.1 Å². The van der Waals surface area contributed by atoms with Gasteiger partial charge in [-0.25, -0.2) is 9.59 Å². The van der Waals surface area contributed by atoms with Crippen molar-refractivity contribution in [3.63, 3.8) is 0 Å². The van der Waals surface area contributed by atoms with E-state index in [0.29, 0.717) is 0 Å². The molecule has 2 amide bonds. The molecule has 0 aromatic heterocycles. The van der Waals surface area contributed by atoms with Crippen molar-refractivity contribution in [2.24, 2.45) is 5.92 Å². The molecule has 1 saturated heterocycles. The average Bonchev–Trinajstić information content (AvgIpc) is 2.24. The van der Waals surface area contributed by atoms with E-state index in [0.717, 1.165) is 38.8 Å². The van der Waals surface area contributed by atoms with Gasteiger partial charge in [-0.2, -0.15) is 0 Å². The van der Waals surface area contributed by atoms with Crippen LogP contribution in [0.2, 0.25) is 0 Å². The predicted molar refractivity (Wildman–Crippen MR) is 69.5 cm³/mol. The molecule has 1 fully saturated rings. The van der Waals surface area contributed by atoms with Gasteiger partial charge in [0.15, 0.2) is 0 Å². The summed E-state index contributed by atoms with van der Waals surface area (Å²) < 4.78 is 0. The molecule has 18 heavy (non-hydrogen) atoms. The minimum atomic E-state index is -0.967. The van der Waals surface area contributed by atoms with E-state index in [2.05, 4.69) is 5.32 Å². The van der Waals surface area contributed by atoms with Gasteiger partial charge in [0, 0.05) is 13.1 Å². The molecule has 0 radical (unpaired) electrons. The van der Waals surface area contributed by atoms with Crippen molar-refractivity contribution in [2.75, 3.05) is 13.1 Å². The Bertz CT molecular complexity index is 284. The minimum absolute atomic E-state index is 0.110. The minimum Gasteiger partial charge on any atom is -0.480 e. The Morgan fingerprint density at radius 2 is 1.56 bits per heavy atom. The van der Waals surface area contributed by atoms with E-state index in [4.69, 9.17) is 5.11 Å². The van der Waals surface area contributed by atoms with Gasteiger partial charge in [-0.1, -0.05) is 33.1 Å². The smallest absolute Gasteiger partial charge is 0.326 e. The lowest BCUT2D eigenvalue weighted by Crippen LogP contribution is -2.50. The van der Waals surface area contributed by atoms with Gasteiger partial charge in [-0.15, -0.1) is 0 Å². The molecule has 5 nitrogen and oxygen atoms in total. The Kier molecular flexibility index (Phi) is 5.95. The number of rotatable bonds is 3. The number of aliphatic carboxylic acids is 1. The molecule has 2 N–H and O–H groups in total. The SMILES string of the molecule is CC(C)[C@H](NC(=O)N1CCCCCCC1)C(=O)O. The number of carboxylic acid groups (broad SMARTS) is 1. The molecular formula is C13H24N2O3. The Morgan fingerprint density at radius 1 is 1.06 bits per heavy atom. The number of hydrogen-bond donors (Lipinski definition) is 2. The van der Waals surface area contributed by atoms with Crippen LogP contribution in [0, 0.1) is 5.92 Å². The third-order valence-corrected chi connectivity index (χ3v) is 3.35. The van der Waals surface area contributed by atoms with Crippen molar-refractivity contribution in [2.45, 2.75) is 52.0 Å². The van der Waals surface area contributed by atoms with Gasteiger partial charge in [-0.3, -0.25) is 0 Å². The molecule has 1 atom stereocenters. The molecule has 0 aromatic carbocycles. The fraction of sp³-hybridized carbons (Fsp3) is 0.846. The van der Waals surface area contributed by atoms with Crippen molar-refractivity contribution >= 4 is 12.0 Å². The summed E-state index contributed by atoms with van der Waals surface area (Å²) in [6, 6.07) is -1.04. The lowest BCUT2D eigenvalue weighted by atomic mass is 10.1. The number of carbonyl (C=O) groups excluding carboxylic acids is 1. The fourth-order valence-corrected chi connectivity index (χ4v) is 2.19. The Hall–Kier alpha value is -1.26. The summed E-state index contributed by atoms with van der Waals surface area (Å²) in [6.07, 6.45) is 5.55. The second-order valence-electron chi connectivity index (χ2n) is 5.26. The third-order valence-electron chi connectivity index (χ3n) is 3.35. The van der Waals surface area contributed by atoms with Crippen molar-refractivity contribution in [1.29, 1.82) is 0 Å². The number of urea groups is 1. The molecule has 104 valence electrons. The highest BCUT2D eigenvalue weighted by molar-refractivity contribution is 5.82. The monoisotopic (exact) mass is 256 g/mol. The molecular weight excluding hydrogens is 232 g/mol. The van der Waals surface area contributed by atoms with Crippen LogP contribution in [0.1, 0.15) is 46.0 Å². The molecule has 0 bridgehead atoms. The Morgan fingerprint density at radius 3 is 2.00 bits per heavy atom. The molecule has 1 rings (SSSR count). The topological polar surface area (TPSA) is 69.6 Å². The van der Waals surface area contributed by atoms with E-state index in [9.17, 15) is 9.59 Å². The van der Waals surface area contributed by atoms with Gasteiger partial charge >= 0.3 is 12.0 Å². The summed E-state index contributed by atoms with van der Waals surface area (Å²) >= 11 is 0. The van der Waals surface area contributed by atoms with Crippen molar-refractivity contribution < 1.29 is 14.7 Å². The molecule has 0 saturated carbocycles. The normalized spacial score (nSPS) is 18.9. The lowest BCUT2D eigenvalue weighted by molar-refractivity contribution is -0.140. The van der Waals surface area contributed by atoms with Crippen LogP contribution in [0.25, 0.3) is 0 Å². The average molecular weight is 256 g/mol. The van der Waals surface area contributed by atoms with Crippen LogP contribution < -0.4 is 5.32 Å². The summed E-state index contributed by atoms with van der Waals surface area (Å²) in [6.45, 7) is 5.06. The van der Waals surface area contributed by atoms with E-state index in [-0.39, 0.29) is 11.9 Å². The van der Waals surface area contributed by atoms with Crippen LogP contribution in [0.15, 0.2) is 0 Å². The molecule has 1 heterocycles. The first-order chi connectivity index (χ1) is 8.52. The van der Waals surface area contributed by atoms with E-state index >= 15 is 0 Å². The standard InChI is InChI=1S/C13H24N2O3/c1-10(2)11(12(16)17)14-13(18)15-8-6-4-3-5-7-9-15/h10-11H,3-9H2,1-2H3,(H,14,18)(H,16,17)/t11-/m0/s1. The van der Waals surface area contributed by atoms with Gasteiger partial charge in [0.2, 0.25) is 0 Å². The summed E-state index contributed by atoms with van der Waals surface area (Å²) in [5.41, 5.74) is 0. The zero-order valence-electron chi connectivity index (χ0n) is 11.3. The van der Waals surface area contributed by atoms with Crippen molar-refractivity contribution in [3.8, 4) is 0 Å². The highest BCUT2D eigenvalue weighted by atomic mass is 16.4. The van der Waals surface area contributed by atoms with E-state index in [1.807, 2.05) is 0 Å².